The molecular weight excluding hydrogens is 380 g/mol. The van der Waals surface area contributed by atoms with E-state index < -0.39 is 11.1 Å². The van der Waals surface area contributed by atoms with Crippen molar-refractivity contribution < 1.29 is 23.9 Å². The van der Waals surface area contributed by atoms with Crippen molar-refractivity contribution in [3.63, 3.8) is 0 Å². The predicted molar refractivity (Wildman–Crippen MR) is 107 cm³/mol. The first-order valence-electron chi connectivity index (χ1n) is 9.28. The van der Waals surface area contributed by atoms with Crippen LogP contribution in [-0.2, 0) is 14.3 Å². The second-order valence-corrected chi connectivity index (χ2v) is 8.03. The minimum absolute atomic E-state index is 0.232. The van der Waals surface area contributed by atoms with E-state index in [0.29, 0.717) is 43.7 Å². The number of thioether (sulfide) groups is 1. The van der Waals surface area contributed by atoms with Gasteiger partial charge in [-0.3, -0.25) is 19.3 Å². The molecular formula is C20H24N2O5S. The number of amides is 3. The third-order valence-electron chi connectivity index (χ3n) is 4.29. The molecule has 3 rings (SSSR count). The van der Waals surface area contributed by atoms with Crippen LogP contribution in [0, 0.1) is 5.92 Å². The van der Waals surface area contributed by atoms with Gasteiger partial charge in [-0.05, 0) is 41.5 Å². The van der Waals surface area contributed by atoms with Gasteiger partial charge in [0.2, 0.25) is 5.91 Å². The van der Waals surface area contributed by atoms with E-state index in [2.05, 4.69) is 13.8 Å². The van der Waals surface area contributed by atoms with E-state index in [4.69, 9.17) is 9.47 Å². The number of nitrogens with zero attached hydrogens (tertiary/aromatic N) is 2. The van der Waals surface area contributed by atoms with Crippen molar-refractivity contribution in [3.05, 3.63) is 34.7 Å². The second-order valence-electron chi connectivity index (χ2n) is 7.03. The molecule has 0 spiro atoms. The maximum absolute atomic E-state index is 12.6. The molecule has 1 aromatic rings. The lowest BCUT2D eigenvalue weighted by molar-refractivity contribution is -0.139. The summed E-state index contributed by atoms with van der Waals surface area (Å²) in [5.74, 6) is 0.525. The number of imide groups is 1. The fourth-order valence-corrected chi connectivity index (χ4v) is 3.60. The molecule has 28 heavy (non-hydrogen) atoms. The number of morpholine rings is 1. The first kappa shape index (κ1) is 20.4. The molecule has 0 saturated carbocycles. The first-order chi connectivity index (χ1) is 13.4. The number of carbonyl (C=O) groups is 3. The van der Waals surface area contributed by atoms with Crippen LogP contribution in [0.4, 0.5) is 4.79 Å². The Balaban J connectivity index is 1.62. The molecule has 0 atom stereocenters. The quantitative estimate of drug-likeness (QED) is 0.679. The summed E-state index contributed by atoms with van der Waals surface area (Å²) in [5.41, 5.74) is 0.793. The van der Waals surface area contributed by atoms with Crippen molar-refractivity contribution in [3.8, 4) is 5.75 Å². The van der Waals surface area contributed by atoms with Crippen molar-refractivity contribution in [1.29, 1.82) is 0 Å². The molecule has 1 aromatic carbocycles. The number of hydrogen-bond acceptors (Lipinski definition) is 6. The summed E-state index contributed by atoms with van der Waals surface area (Å²) in [6, 6.07) is 7.34. The molecule has 2 aliphatic rings. The summed E-state index contributed by atoms with van der Waals surface area (Å²) < 4.78 is 10.9. The fourth-order valence-electron chi connectivity index (χ4n) is 2.76. The van der Waals surface area contributed by atoms with E-state index in [-0.39, 0.29) is 12.5 Å². The van der Waals surface area contributed by atoms with Crippen LogP contribution in [-0.4, -0.2) is 66.3 Å². The van der Waals surface area contributed by atoms with Crippen molar-refractivity contribution in [2.75, 3.05) is 39.5 Å². The fraction of sp³-hybridized carbons (Fsp3) is 0.450. The Kier molecular flexibility index (Phi) is 6.74. The van der Waals surface area contributed by atoms with Crippen molar-refractivity contribution in [1.82, 2.24) is 9.80 Å². The minimum atomic E-state index is -0.434. The van der Waals surface area contributed by atoms with Gasteiger partial charge in [0.25, 0.3) is 11.1 Å². The number of ether oxygens (including phenoxy) is 2. The standard InChI is InChI=1S/C20H24N2O5S/c1-14(2)13-27-16-5-3-15(4-6-16)11-17-19(24)22(20(25)28-17)12-18(23)21-7-9-26-10-8-21/h3-6,11,14H,7-10,12-13H2,1-2H3/b17-11-. The zero-order chi connectivity index (χ0) is 20.1. The lowest BCUT2D eigenvalue weighted by Crippen LogP contribution is -2.46. The van der Waals surface area contributed by atoms with Gasteiger partial charge < -0.3 is 14.4 Å². The number of benzene rings is 1. The van der Waals surface area contributed by atoms with Crippen LogP contribution in [0.3, 0.4) is 0 Å². The Labute approximate surface area is 168 Å². The van der Waals surface area contributed by atoms with Gasteiger partial charge in [-0.25, -0.2) is 0 Å². The van der Waals surface area contributed by atoms with Crippen molar-refractivity contribution in [2.45, 2.75) is 13.8 Å². The minimum Gasteiger partial charge on any atom is -0.493 e. The van der Waals surface area contributed by atoms with Gasteiger partial charge in [-0.2, -0.15) is 0 Å². The maximum atomic E-state index is 12.6. The monoisotopic (exact) mass is 404 g/mol. The molecule has 7 nitrogen and oxygen atoms in total. The Hall–Kier alpha value is -2.32. The SMILES string of the molecule is CC(C)COc1ccc(/C=C2\SC(=O)N(CC(=O)N3CCOCC3)C2=O)cc1. The predicted octanol–water partition coefficient (Wildman–Crippen LogP) is 2.62. The lowest BCUT2D eigenvalue weighted by Gasteiger charge is -2.28. The molecule has 0 aliphatic carbocycles. The summed E-state index contributed by atoms with van der Waals surface area (Å²) in [7, 11) is 0. The Morgan fingerprint density at radius 1 is 1.21 bits per heavy atom. The number of carbonyl (C=O) groups excluding carboxylic acids is 3. The van der Waals surface area contributed by atoms with Crippen molar-refractivity contribution in [2.24, 2.45) is 5.92 Å². The molecule has 2 aliphatic heterocycles. The first-order valence-corrected chi connectivity index (χ1v) is 10.1. The van der Waals surface area contributed by atoms with Gasteiger partial charge >= 0.3 is 0 Å². The van der Waals surface area contributed by atoms with Gasteiger partial charge in [0.05, 0.1) is 24.7 Å². The zero-order valence-corrected chi connectivity index (χ0v) is 16.9. The van der Waals surface area contributed by atoms with Crippen LogP contribution >= 0.6 is 11.8 Å². The molecule has 8 heteroatoms. The second kappa shape index (κ2) is 9.25. The molecule has 0 radical (unpaired) electrons. The van der Waals surface area contributed by atoms with Gasteiger partial charge in [-0.15, -0.1) is 0 Å². The molecule has 150 valence electrons. The Morgan fingerprint density at radius 3 is 2.54 bits per heavy atom. The third kappa shape index (κ3) is 5.14. The van der Waals surface area contributed by atoms with Crippen LogP contribution in [0.5, 0.6) is 5.75 Å². The molecule has 2 fully saturated rings. The van der Waals surface area contributed by atoms with Gasteiger partial charge in [0.15, 0.2) is 0 Å². The van der Waals surface area contributed by atoms with Gasteiger partial charge in [-0.1, -0.05) is 26.0 Å². The van der Waals surface area contributed by atoms with Gasteiger partial charge in [0, 0.05) is 13.1 Å². The van der Waals surface area contributed by atoms with E-state index in [9.17, 15) is 14.4 Å². The zero-order valence-electron chi connectivity index (χ0n) is 16.1. The summed E-state index contributed by atoms with van der Waals surface area (Å²) >= 11 is 0.855. The Morgan fingerprint density at radius 2 is 1.89 bits per heavy atom. The average molecular weight is 404 g/mol. The summed E-state index contributed by atoms with van der Waals surface area (Å²) in [6.07, 6.45) is 1.66. The van der Waals surface area contributed by atoms with Crippen LogP contribution < -0.4 is 4.74 Å². The lowest BCUT2D eigenvalue weighted by atomic mass is 10.2. The van der Waals surface area contributed by atoms with E-state index in [1.165, 1.54) is 0 Å². The van der Waals surface area contributed by atoms with E-state index in [0.717, 1.165) is 28.0 Å². The summed E-state index contributed by atoms with van der Waals surface area (Å²) in [4.78, 5) is 40.1. The number of rotatable bonds is 6. The Bertz CT molecular complexity index is 769. The molecule has 0 N–H and O–H groups in total. The largest absolute Gasteiger partial charge is 0.493 e. The van der Waals surface area contributed by atoms with Crippen LogP contribution in [0.15, 0.2) is 29.2 Å². The highest BCUT2D eigenvalue weighted by Gasteiger charge is 2.37. The average Bonchev–Trinajstić information content (AvgIpc) is 2.95. The normalized spacial score (nSPS) is 19.0. The highest BCUT2D eigenvalue weighted by Crippen LogP contribution is 2.32. The molecule has 2 heterocycles. The molecule has 0 aromatic heterocycles. The van der Waals surface area contributed by atoms with E-state index >= 15 is 0 Å². The van der Waals surface area contributed by atoms with Crippen LogP contribution in [0.1, 0.15) is 19.4 Å². The number of hydrogen-bond donors (Lipinski definition) is 0. The van der Waals surface area contributed by atoms with E-state index in [1.54, 1.807) is 11.0 Å². The summed E-state index contributed by atoms with van der Waals surface area (Å²) in [5, 5.41) is -0.422. The molecule has 2 saturated heterocycles. The van der Waals surface area contributed by atoms with Crippen LogP contribution in [0.2, 0.25) is 0 Å². The smallest absolute Gasteiger partial charge is 0.294 e. The topological polar surface area (TPSA) is 76.2 Å². The molecule has 0 unspecified atom stereocenters. The maximum Gasteiger partial charge on any atom is 0.294 e. The summed E-state index contributed by atoms with van der Waals surface area (Å²) in [6.45, 7) is 6.48. The highest BCUT2D eigenvalue weighted by atomic mass is 32.2. The van der Waals surface area contributed by atoms with Crippen LogP contribution in [0.25, 0.3) is 6.08 Å². The van der Waals surface area contributed by atoms with E-state index in [1.807, 2.05) is 24.3 Å². The highest BCUT2D eigenvalue weighted by molar-refractivity contribution is 8.18. The third-order valence-corrected chi connectivity index (χ3v) is 5.20. The molecule has 0 bridgehead atoms. The van der Waals surface area contributed by atoms with Crippen molar-refractivity contribution >= 4 is 34.9 Å². The van der Waals surface area contributed by atoms with Gasteiger partial charge in [0.1, 0.15) is 12.3 Å². The molecule has 3 amide bonds.